The molecule has 138 valence electrons. The molecule has 2 aliphatic heterocycles. The summed E-state index contributed by atoms with van der Waals surface area (Å²) in [5.74, 6) is 0.777. The Morgan fingerprint density at radius 2 is 1.72 bits per heavy atom. The molecular weight excluding hydrogens is 376 g/mol. The lowest BCUT2D eigenvalue weighted by molar-refractivity contribution is 0.790. The fraction of sp³-hybridized carbons (Fsp3) is 0.0417. The lowest BCUT2D eigenvalue weighted by Crippen LogP contribution is -2.00. The molecule has 0 amide bonds. The van der Waals surface area contributed by atoms with E-state index in [1.807, 2.05) is 54.2 Å². The Kier molecular flexibility index (Phi) is 4.39. The maximum absolute atomic E-state index is 9.31. The summed E-state index contributed by atoms with van der Waals surface area (Å²) in [7, 11) is 0. The molecule has 0 unspecified atom stereocenters. The van der Waals surface area contributed by atoms with Crippen molar-refractivity contribution in [2.75, 3.05) is 0 Å². The van der Waals surface area contributed by atoms with Gasteiger partial charge in [0.1, 0.15) is 5.69 Å². The Bertz CT molecular complexity index is 1280. The second-order valence-corrected chi connectivity index (χ2v) is 7.58. The molecule has 0 spiro atoms. The van der Waals surface area contributed by atoms with Gasteiger partial charge >= 0.3 is 0 Å². The number of pyridine rings is 1. The molecule has 0 saturated heterocycles. The first kappa shape index (κ1) is 17.4. The highest BCUT2D eigenvalue weighted by Gasteiger charge is 2.13. The number of aromatic nitrogens is 3. The van der Waals surface area contributed by atoms with Crippen molar-refractivity contribution in [2.24, 2.45) is 0 Å². The maximum Gasteiger partial charge on any atom is 0.161 e. The molecule has 0 N–H and O–H groups in total. The monoisotopic (exact) mass is 392 g/mol. The molecule has 0 radical (unpaired) electrons. The van der Waals surface area contributed by atoms with Crippen molar-refractivity contribution in [2.45, 2.75) is 6.54 Å². The largest absolute Gasteiger partial charge is 0.348 e. The molecule has 4 nitrogen and oxygen atoms in total. The van der Waals surface area contributed by atoms with Crippen molar-refractivity contribution in [3.63, 3.8) is 0 Å². The average molecular weight is 392 g/mol. The Morgan fingerprint density at radius 1 is 0.897 bits per heavy atom. The minimum atomic E-state index is 0.691. The SMILES string of the molecule is N#Cc1ccccc1-c1ccc(Cn2ccc3nc(-c4ccsc4)nc-3c2)cc1. The molecule has 29 heavy (non-hydrogen) atoms. The van der Waals surface area contributed by atoms with Gasteiger partial charge in [0, 0.05) is 29.9 Å². The molecule has 5 rings (SSSR count). The van der Waals surface area contributed by atoms with Crippen LogP contribution in [0.15, 0.2) is 83.8 Å². The average Bonchev–Trinajstić information content (AvgIpc) is 3.44. The summed E-state index contributed by atoms with van der Waals surface area (Å²) >= 11 is 1.65. The molecule has 2 aliphatic rings. The van der Waals surface area contributed by atoms with E-state index in [2.05, 4.69) is 50.2 Å². The van der Waals surface area contributed by atoms with E-state index in [0.717, 1.165) is 40.4 Å². The van der Waals surface area contributed by atoms with Crippen LogP contribution in [-0.4, -0.2) is 14.5 Å². The predicted octanol–water partition coefficient (Wildman–Crippen LogP) is 5.70. The van der Waals surface area contributed by atoms with Crippen LogP contribution in [0.2, 0.25) is 0 Å². The summed E-state index contributed by atoms with van der Waals surface area (Å²) in [5.41, 5.74) is 6.75. The summed E-state index contributed by atoms with van der Waals surface area (Å²) in [6, 6.07) is 22.3. The predicted molar refractivity (Wildman–Crippen MR) is 116 cm³/mol. The summed E-state index contributed by atoms with van der Waals surface area (Å²) in [6.07, 6.45) is 4.07. The number of hydrogen-bond acceptors (Lipinski definition) is 4. The zero-order chi connectivity index (χ0) is 19.6. The van der Waals surface area contributed by atoms with Crippen molar-refractivity contribution >= 4 is 11.3 Å². The first-order valence-electron chi connectivity index (χ1n) is 9.25. The molecular formula is C24H16N4S. The summed E-state index contributed by atoms with van der Waals surface area (Å²) in [6.45, 7) is 0.747. The van der Waals surface area contributed by atoms with Crippen LogP contribution in [0.25, 0.3) is 33.9 Å². The van der Waals surface area contributed by atoms with E-state index >= 15 is 0 Å². The minimum absolute atomic E-state index is 0.691. The highest BCUT2D eigenvalue weighted by atomic mass is 32.1. The fourth-order valence-corrected chi connectivity index (χ4v) is 4.04. The van der Waals surface area contributed by atoms with E-state index < -0.39 is 0 Å². The fourth-order valence-electron chi connectivity index (χ4n) is 3.40. The third-order valence-corrected chi connectivity index (χ3v) is 5.57. The van der Waals surface area contributed by atoms with Crippen LogP contribution < -0.4 is 0 Å². The Labute approximate surface area is 172 Å². The second kappa shape index (κ2) is 7.34. The molecule has 3 aromatic rings. The van der Waals surface area contributed by atoms with Crippen molar-refractivity contribution in [3.8, 4) is 40.0 Å². The first-order valence-corrected chi connectivity index (χ1v) is 10.2. The number of fused-ring (bicyclic) bond motifs is 1. The van der Waals surface area contributed by atoms with E-state index in [9.17, 15) is 5.26 Å². The van der Waals surface area contributed by atoms with Crippen LogP contribution in [0.1, 0.15) is 11.1 Å². The molecule has 0 fully saturated rings. The molecule has 0 atom stereocenters. The van der Waals surface area contributed by atoms with E-state index in [-0.39, 0.29) is 0 Å². The highest BCUT2D eigenvalue weighted by molar-refractivity contribution is 7.08. The van der Waals surface area contributed by atoms with Gasteiger partial charge in [-0.2, -0.15) is 16.6 Å². The molecule has 3 heterocycles. The number of nitriles is 1. The van der Waals surface area contributed by atoms with Gasteiger partial charge in [0.2, 0.25) is 0 Å². The number of imidazole rings is 1. The normalized spacial score (nSPS) is 10.9. The van der Waals surface area contributed by atoms with Crippen LogP contribution in [0.5, 0.6) is 0 Å². The van der Waals surface area contributed by atoms with Crippen LogP contribution >= 0.6 is 11.3 Å². The number of hydrogen-bond donors (Lipinski definition) is 0. The summed E-state index contributed by atoms with van der Waals surface area (Å²) < 4.78 is 2.12. The highest BCUT2D eigenvalue weighted by Crippen LogP contribution is 2.27. The smallest absolute Gasteiger partial charge is 0.161 e. The number of benzene rings is 2. The standard InChI is InChI=1S/C24H16N4S/c25-13-19-3-1-2-4-21(19)18-7-5-17(6-8-18)14-28-11-9-22-23(15-28)27-24(26-22)20-10-12-29-16-20/h1-12,15-16H,14H2. The van der Waals surface area contributed by atoms with E-state index in [1.54, 1.807) is 11.3 Å². The number of thiophene rings is 1. The Morgan fingerprint density at radius 3 is 2.52 bits per heavy atom. The lowest BCUT2D eigenvalue weighted by atomic mass is 9.99. The molecule has 2 aromatic carbocycles. The lowest BCUT2D eigenvalue weighted by Gasteiger charge is -2.09. The molecule has 1 aromatic heterocycles. The number of rotatable bonds is 4. The van der Waals surface area contributed by atoms with E-state index in [4.69, 9.17) is 0 Å². The second-order valence-electron chi connectivity index (χ2n) is 6.80. The van der Waals surface area contributed by atoms with Crippen LogP contribution in [0.4, 0.5) is 0 Å². The zero-order valence-electron chi connectivity index (χ0n) is 15.5. The maximum atomic E-state index is 9.31. The quantitative estimate of drug-likeness (QED) is 0.394. The van der Waals surface area contributed by atoms with Gasteiger partial charge < -0.3 is 4.57 Å². The summed E-state index contributed by atoms with van der Waals surface area (Å²) in [5, 5.41) is 13.4. The summed E-state index contributed by atoms with van der Waals surface area (Å²) in [4.78, 5) is 9.30. The minimum Gasteiger partial charge on any atom is -0.348 e. The van der Waals surface area contributed by atoms with E-state index in [1.165, 1.54) is 5.56 Å². The third-order valence-electron chi connectivity index (χ3n) is 4.88. The van der Waals surface area contributed by atoms with Gasteiger partial charge in [0.15, 0.2) is 5.82 Å². The van der Waals surface area contributed by atoms with Gasteiger partial charge in [-0.1, -0.05) is 42.5 Å². The van der Waals surface area contributed by atoms with Crippen molar-refractivity contribution < 1.29 is 0 Å². The van der Waals surface area contributed by atoms with Gasteiger partial charge in [-0.3, -0.25) is 0 Å². The first-order chi connectivity index (χ1) is 14.3. The van der Waals surface area contributed by atoms with Crippen LogP contribution in [-0.2, 0) is 6.54 Å². The van der Waals surface area contributed by atoms with Crippen LogP contribution in [0, 0.1) is 11.3 Å². The van der Waals surface area contributed by atoms with Crippen molar-refractivity contribution in [1.29, 1.82) is 5.26 Å². The molecule has 0 aliphatic carbocycles. The zero-order valence-corrected chi connectivity index (χ0v) is 16.3. The number of nitrogens with zero attached hydrogens (tertiary/aromatic N) is 4. The van der Waals surface area contributed by atoms with Crippen molar-refractivity contribution in [1.82, 2.24) is 14.5 Å². The van der Waals surface area contributed by atoms with Gasteiger partial charge in [0.05, 0.1) is 17.3 Å². The van der Waals surface area contributed by atoms with E-state index in [0.29, 0.717) is 5.56 Å². The van der Waals surface area contributed by atoms with Gasteiger partial charge in [-0.15, -0.1) is 0 Å². The Balaban J connectivity index is 1.40. The molecule has 0 bridgehead atoms. The van der Waals surface area contributed by atoms with Gasteiger partial charge in [-0.05, 0) is 40.3 Å². The van der Waals surface area contributed by atoms with Gasteiger partial charge in [-0.25, -0.2) is 9.97 Å². The van der Waals surface area contributed by atoms with Crippen LogP contribution in [0.3, 0.4) is 0 Å². The third kappa shape index (κ3) is 3.42. The van der Waals surface area contributed by atoms with Crippen molar-refractivity contribution in [3.05, 3.63) is 94.9 Å². The topological polar surface area (TPSA) is 54.5 Å². The molecule has 0 saturated carbocycles. The Hall–Kier alpha value is -3.75. The van der Waals surface area contributed by atoms with Gasteiger partial charge in [0.25, 0.3) is 0 Å². The molecule has 5 heteroatoms.